The third-order valence-electron chi connectivity index (χ3n) is 3.12. The normalized spacial score (nSPS) is 10.6. The van der Waals surface area contributed by atoms with Crippen molar-refractivity contribution in [3.05, 3.63) is 35.2 Å². The minimum Gasteiger partial charge on any atom is -0.308 e. The van der Waals surface area contributed by atoms with Gasteiger partial charge in [-0.05, 0) is 20.8 Å². The Balaban J connectivity index is 0.00000200. The molecule has 0 unspecified atom stereocenters. The molecule has 0 fully saturated rings. The van der Waals surface area contributed by atoms with Gasteiger partial charge < -0.3 is 5.32 Å². The Morgan fingerprint density at radius 2 is 2.00 bits per heavy atom. The lowest BCUT2D eigenvalue weighted by Gasteiger charge is -2.02. The molecule has 0 saturated heterocycles. The second-order valence-corrected chi connectivity index (χ2v) is 4.48. The van der Waals surface area contributed by atoms with Crippen LogP contribution in [0.1, 0.15) is 30.7 Å². The van der Waals surface area contributed by atoms with Crippen LogP contribution in [0.3, 0.4) is 0 Å². The van der Waals surface area contributed by atoms with Gasteiger partial charge in [0.2, 0.25) is 5.95 Å². The molecule has 0 amide bonds. The molecule has 2 heterocycles. The summed E-state index contributed by atoms with van der Waals surface area (Å²) in [6, 6.07) is 0. The Kier molecular flexibility index (Phi) is 6.16. The van der Waals surface area contributed by atoms with Crippen LogP contribution in [0.4, 0.5) is 4.39 Å². The molecule has 112 valence electrons. The molecule has 0 aromatic carbocycles. The Bertz CT molecular complexity index is 549. The van der Waals surface area contributed by atoms with Crippen LogP contribution in [0.15, 0.2) is 12.4 Å². The number of hydrogen-bond donors (Lipinski definition) is 1. The quantitative estimate of drug-likeness (QED) is 0.890. The first-order chi connectivity index (χ1) is 9.15. The second kappa shape index (κ2) is 7.40. The average Bonchev–Trinajstić information content (AvgIpc) is 2.97. The Morgan fingerprint density at radius 1 is 1.25 bits per heavy atom. The summed E-state index contributed by atoms with van der Waals surface area (Å²) < 4.78 is 17.2. The first-order valence-corrected chi connectivity index (χ1v) is 6.59. The molecule has 7 heteroatoms. The lowest BCUT2D eigenvalue weighted by molar-refractivity contribution is 0.460. The van der Waals surface area contributed by atoms with Crippen LogP contribution in [-0.4, -0.2) is 19.6 Å². The molecule has 0 aliphatic rings. The molecule has 20 heavy (non-hydrogen) atoms. The lowest BCUT2D eigenvalue weighted by Crippen LogP contribution is -2.14. The van der Waals surface area contributed by atoms with E-state index < -0.39 is 0 Å². The van der Waals surface area contributed by atoms with Gasteiger partial charge >= 0.3 is 0 Å². The fourth-order valence-corrected chi connectivity index (χ4v) is 2.00. The highest BCUT2D eigenvalue weighted by Crippen LogP contribution is 2.12. The van der Waals surface area contributed by atoms with Crippen LogP contribution < -0.4 is 5.32 Å². The molecule has 0 radical (unpaired) electrons. The molecule has 0 aliphatic carbocycles. The van der Waals surface area contributed by atoms with E-state index in [0.29, 0.717) is 25.2 Å². The molecule has 0 saturated carbocycles. The number of aromatic nitrogens is 4. The molecular weight excluding hydrogens is 281 g/mol. The van der Waals surface area contributed by atoms with Gasteiger partial charge in [-0.25, -0.2) is 4.68 Å². The van der Waals surface area contributed by atoms with Gasteiger partial charge in [0.15, 0.2) is 0 Å². The van der Waals surface area contributed by atoms with Gasteiger partial charge in [0.1, 0.15) is 0 Å². The van der Waals surface area contributed by atoms with E-state index in [4.69, 9.17) is 0 Å². The largest absolute Gasteiger partial charge is 0.308 e. The van der Waals surface area contributed by atoms with E-state index in [1.54, 1.807) is 0 Å². The molecule has 0 spiro atoms. The fourth-order valence-electron chi connectivity index (χ4n) is 2.00. The lowest BCUT2D eigenvalue weighted by atomic mass is 10.2. The molecule has 0 aliphatic heterocycles. The summed E-state index contributed by atoms with van der Waals surface area (Å²) >= 11 is 0. The summed E-state index contributed by atoms with van der Waals surface area (Å²) in [5.41, 5.74) is 2.49. The van der Waals surface area contributed by atoms with Crippen molar-refractivity contribution in [2.45, 2.75) is 47.0 Å². The van der Waals surface area contributed by atoms with Gasteiger partial charge in [-0.2, -0.15) is 14.6 Å². The van der Waals surface area contributed by atoms with E-state index in [1.165, 1.54) is 4.68 Å². The van der Waals surface area contributed by atoms with Gasteiger partial charge in [-0.15, -0.1) is 12.4 Å². The first kappa shape index (κ1) is 16.7. The van der Waals surface area contributed by atoms with E-state index in [1.807, 2.05) is 37.8 Å². The Hall–Kier alpha value is -1.40. The first-order valence-electron chi connectivity index (χ1n) is 6.59. The summed E-state index contributed by atoms with van der Waals surface area (Å²) in [5.74, 6) is -0.239. The maximum atomic E-state index is 13.9. The summed E-state index contributed by atoms with van der Waals surface area (Å²) in [7, 11) is 0. The molecular formula is C13H21ClFN5. The summed E-state index contributed by atoms with van der Waals surface area (Å²) in [6.45, 7) is 8.33. The maximum Gasteiger partial charge on any atom is 0.216 e. The van der Waals surface area contributed by atoms with Crippen LogP contribution in [0.2, 0.25) is 0 Å². The van der Waals surface area contributed by atoms with E-state index in [-0.39, 0.29) is 18.4 Å². The summed E-state index contributed by atoms with van der Waals surface area (Å²) in [4.78, 5) is 0. The number of nitrogens with one attached hydrogen (secondary N) is 1. The molecule has 0 bridgehead atoms. The highest BCUT2D eigenvalue weighted by atomic mass is 35.5. The predicted octanol–water partition coefficient (Wildman–Crippen LogP) is 2.28. The maximum absolute atomic E-state index is 13.9. The van der Waals surface area contributed by atoms with Crippen molar-refractivity contribution >= 4 is 12.4 Å². The van der Waals surface area contributed by atoms with Crippen LogP contribution in [-0.2, 0) is 26.2 Å². The zero-order valence-corrected chi connectivity index (χ0v) is 12.9. The van der Waals surface area contributed by atoms with Crippen molar-refractivity contribution in [3.8, 4) is 0 Å². The van der Waals surface area contributed by atoms with Crippen LogP contribution in [0, 0.1) is 12.9 Å². The average molecular weight is 302 g/mol. The molecule has 1 N–H and O–H groups in total. The minimum atomic E-state index is -0.239. The topological polar surface area (TPSA) is 47.7 Å². The van der Waals surface area contributed by atoms with Crippen molar-refractivity contribution < 1.29 is 4.39 Å². The van der Waals surface area contributed by atoms with E-state index in [0.717, 1.165) is 17.8 Å². The van der Waals surface area contributed by atoms with Crippen molar-refractivity contribution in [3.63, 3.8) is 0 Å². The third kappa shape index (κ3) is 3.58. The third-order valence-corrected chi connectivity index (χ3v) is 3.12. The summed E-state index contributed by atoms with van der Waals surface area (Å²) in [5, 5.41) is 11.6. The monoisotopic (exact) mass is 301 g/mol. The zero-order valence-electron chi connectivity index (χ0n) is 12.1. The van der Waals surface area contributed by atoms with Gasteiger partial charge in [-0.3, -0.25) is 4.68 Å². The highest BCUT2D eigenvalue weighted by molar-refractivity contribution is 5.85. The van der Waals surface area contributed by atoms with Crippen LogP contribution >= 0.6 is 12.4 Å². The van der Waals surface area contributed by atoms with Crippen molar-refractivity contribution in [1.82, 2.24) is 24.9 Å². The van der Waals surface area contributed by atoms with Crippen molar-refractivity contribution in [1.29, 1.82) is 0 Å². The summed E-state index contributed by atoms with van der Waals surface area (Å²) in [6.07, 6.45) is 3.82. The number of halogens is 2. The molecule has 2 aromatic heterocycles. The number of hydrogen-bond acceptors (Lipinski definition) is 3. The second-order valence-electron chi connectivity index (χ2n) is 4.48. The van der Waals surface area contributed by atoms with E-state index in [9.17, 15) is 4.39 Å². The van der Waals surface area contributed by atoms with Gasteiger partial charge in [0.05, 0.1) is 11.9 Å². The molecule has 2 aromatic rings. The predicted molar refractivity (Wildman–Crippen MR) is 78.3 cm³/mol. The van der Waals surface area contributed by atoms with E-state index in [2.05, 4.69) is 15.5 Å². The minimum absolute atomic E-state index is 0. The van der Waals surface area contributed by atoms with E-state index >= 15 is 0 Å². The number of aryl methyl sites for hydroxylation is 3. The fraction of sp³-hybridized carbons (Fsp3) is 0.538. The smallest absolute Gasteiger partial charge is 0.216 e. The molecule has 5 nitrogen and oxygen atoms in total. The molecule has 0 atom stereocenters. The van der Waals surface area contributed by atoms with Gasteiger partial charge in [0.25, 0.3) is 0 Å². The van der Waals surface area contributed by atoms with Crippen LogP contribution in [0.25, 0.3) is 0 Å². The SMILES string of the molecule is CCn1cc(CNCc2c(C)nn(CC)c2F)cn1.Cl. The number of nitrogens with zero attached hydrogens (tertiary/aromatic N) is 4. The number of rotatable bonds is 6. The highest BCUT2D eigenvalue weighted by Gasteiger charge is 2.13. The van der Waals surface area contributed by atoms with Crippen molar-refractivity contribution in [2.75, 3.05) is 0 Å². The van der Waals surface area contributed by atoms with Crippen molar-refractivity contribution in [2.24, 2.45) is 0 Å². The Labute approximate surface area is 124 Å². The molecule has 2 rings (SSSR count). The standard InChI is InChI=1S/C13H20FN5.ClH/c1-4-18-9-11(7-16-18)6-15-8-12-10(3)17-19(5-2)13(12)14;/h7,9,15H,4-6,8H2,1-3H3;1H. The van der Waals surface area contributed by atoms with Gasteiger partial charge in [0, 0.05) is 43.5 Å². The van der Waals surface area contributed by atoms with Crippen LogP contribution in [0.5, 0.6) is 0 Å². The Morgan fingerprint density at radius 3 is 2.55 bits per heavy atom. The van der Waals surface area contributed by atoms with Gasteiger partial charge in [-0.1, -0.05) is 0 Å². The zero-order chi connectivity index (χ0) is 13.8.